The summed E-state index contributed by atoms with van der Waals surface area (Å²) in [6.07, 6.45) is 5.87. The van der Waals surface area contributed by atoms with Crippen LogP contribution in [0.5, 0.6) is 0 Å². The number of benzene rings is 1. The summed E-state index contributed by atoms with van der Waals surface area (Å²) in [4.78, 5) is 19.9. The molecule has 1 unspecified atom stereocenters. The lowest BCUT2D eigenvalue weighted by atomic mass is 10.0. The first-order valence-corrected chi connectivity index (χ1v) is 8.70. The van der Waals surface area contributed by atoms with Gasteiger partial charge >= 0.3 is 0 Å². The molecule has 25 heavy (non-hydrogen) atoms. The van der Waals surface area contributed by atoms with Gasteiger partial charge in [-0.2, -0.15) is 5.10 Å². The SMILES string of the molecule is Cc1ccc2nc(C)c(C(=O)N3CCCC3c3cnn(C)c3)cc2c1. The Morgan fingerprint density at radius 3 is 2.84 bits per heavy atom. The van der Waals surface area contributed by atoms with Gasteiger partial charge in [-0.25, -0.2) is 0 Å². The van der Waals surface area contributed by atoms with Gasteiger partial charge in [-0.1, -0.05) is 11.6 Å². The summed E-state index contributed by atoms with van der Waals surface area (Å²) in [6.45, 7) is 4.76. The van der Waals surface area contributed by atoms with Crippen LogP contribution in [-0.4, -0.2) is 32.1 Å². The maximum atomic E-state index is 13.2. The second kappa shape index (κ2) is 5.99. The van der Waals surface area contributed by atoms with E-state index in [2.05, 4.69) is 29.1 Å². The second-order valence-electron chi connectivity index (χ2n) is 6.92. The first-order valence-electron chi connectivity index (χ1n) is 8.70. The Hall–Kier alpha value is -2.69. The van der Waals surface area contributed by atoms with Crippen molar-refractivity contribution in [1.29, 1.82) is 0 Å². The summed E-state index contributed by atoms with van der Waals surface area (Å²) in [5.74, 6) is 0.0692. The highest BCUT2D eigenvalue weighted by molar-refractivity contribution is 5.99. The molecule has 5 nitrogen and oxygen atoms in total. The van der Waals surface area contributed by atoms with Crippen LogP contribution >= 0.6 is 0 Å². The number of aromatic nitrogens is 3. The van der Waals surface area contributed by atoms with Gasteiger partial charge in [-0.05, 0) is 44.9 Å². The summed E-state index contributed by atoms with van der Waals surface area (Å²) >= 11 is 0. The van der Waals surface area contributed by atoms with Crippen LogP contribution in [0.25, 0.3) is 10.9 Å². The smallest absolute Gasteiger partial charge is 0.256 e. The molecule has 1 fully saturated rings. The second-order valence-corrected chi connectivity index (χ2v) is 6.92. The van der Waals surface area contributed by atoms with Crippen molar-refractivity contribution in [3.63, 3.8) is 0 Å². The van der Waals surface area contributed by atoms with E-state index in [9.17, 15) is 4.79 Å². The van der Waals surface area contributed by atoms with E-state index in [1.807, 2.05) is 43.4 Å². The molecule has 3 aromatic rings. The number of amides is 1. The lowest BCUT2D eigenvalue weighted by Gasteiger charge is -2.24. The van der Waals surface area contributed by atoms with Crippen molar-refractivity contribution in [2.45, 2.75) is 32.7 Å². The Balaban J connectivity index is 1.72. The lowest BCUT2D eigenvalue weighted by Crippen LogP contribution is -2.31. The number of fused-ring (bicyclic) bond motifs is 1. The predicted octanol–water partition coefficient (Wildman–Crippen LogP) is 3.56. The minimum Gasteiger partial charge on any atom is -0.331 e. The molecule has 1 aromatic carbocycles. The van der Waals surface area contributed by atoms with E-state index in [1.165, 1.54) is 5.56 Å². The minimum atomic E-state index is 0.0692. The molecule has 0 aliphatic carbocycles. The highest BCUT2D eigenvalue weighted by Gasteiger charge is 2.32. The van der Waals surface area contributed by atoms with Crippen molar-refractivity contribution in [1.82, 2.24) is 19.7 Å². The van der Waals surface area contributed by atoms with Crippen LogP contribution in [0.3, 0.4) is 0 Å². The number of likely N-dealkylation sites (tertiary alicyclic amines) is 1. The van der Waals surface area contributed by atoms with E-state index in [4.69, 9.17) is 0 Å². The number of rotatable bonds is 2. The molecule has 0 N–H and O–H groups in total. The highest BCUT2D eigenvalue weighted by Crippen LogP contribution is 2.33. The van der Waals surface area contributed by atoms with Gasteiger partial charge in [0.2, 0.25) is 0 Å². The fourth-order valence-electron chi connectivity index (χ4n) is 3.73. The van der Waals surface area contributed by atoms with E-state index in [0.717, 1.165) is 41.5 Å². The number of hydrogen-bond acceptors (Lipinski definition) is 3. The third-order valence-electron chi connectivity index (χ3n) is 5.01. The van der Waals surface area contributed by atoms with Crippen LogP contribution in [-0.2, 0) is 7.05 Å². The molecule has 5 heteroatoms. The van der Waals surface area contributed by atoms with Gasteiger partial charge in [-0.3, -0.25) is 14.5 Å². The maximum absolute atomic E-state index is 13.2. The molecule has 1 saturated heterocycles. The molecule has 1 amide bonds. The fourth-order valence-corrected chi connectivity index (χ4v) is 3.73. The van der Waals surface area contributed by atoms with E-state index in [-0.39, 0.29) is 11.9 Å². The zero-order valence-corrected chi connectivity index (χ0v) is 14.9. The average Bonchev–Trinajstić information content (AvgIpc) is 3.22. The van der Waals surface area contributed by atoms with Crippen LogP contribution in [0.4, 0.5) is 0 Å². The molecule has 128 valence electrons. The zero-order valence-electron chi connectivity index (χ0n) is 14.9. The van der Waals surface area contributed by atoms with Gasteiger partial charge < -0.3 is 4.90 Å². The van der Waals surface area contributed by atoms with Gasteiger partial charge in [0.1, 0.15) is 0 Å². The predicted molar refractivity (Wildman–Crippen MR) is 97.4 cm³/mol. The number of carbonyl (C=O) groups excluding carboxylic acids is 1. The van der Waals surface area contributed by atoms with Crippen molar-refractivity contribution >= 4 is 16.8 Å². The molecule has 0 bridgehead atoms. The van der Waals surface area contributed by atoms with Gasteiger partial charge in [0.05, 0.1) is 29.0 Å². The number of hydrogen-bond donors (Lipinski definition) is 0. The number of aryl methyl sites for hydroxylation is 3. The Bertz CT molecular complexity index is 959. The highest BCUT2D eigenvalue weighted by atomic mass is 16.2. The topological polar surface area (TPSA) is 51.0 Å². The largest absolute Gasteiger partial charge is 0.331 e. The van der Waals surface area contributed by atoms with Crippen molar-refractivity contribution in [2.24, 2.45) is 7.05 Å². The first-order chi connectivity index (χ1) is 12.0. The van der Waals surface area contributed by atoms with Gasteiger partial charge in [0.15, 0.2) is 0 Å². The van der Waals surface area contributed by atoms with Crippen molar-refractivity contribution in [3.8, 4) is 0 Å². The summed E-state index contributed by atoms with van der Waals surface area (Å²) in [5.41, 5.74) is 4.71. The molecule has 3 heterocycles. The molecule has 1 aliphatic heterocycles. The van der Waals surface area contributed by atoms with Crippen LogP contribution < -0.4 is 0 Å². The summed E-state index contributed by atoms with van der Waals surface area (Å²) in [5, 5.41) is 5.28. The fraction of sp³-hybridized carbons (Fsp3) is 0.350. The molecule has 4 rings (SSSR count). The Morgan fingerprint density at radius 1 is 1.24 bits per heavy atom. The number of pyridine rings is 1. The molecular weight excluding hydrogens is 312 g/mol. The molecule has 1 aliphatic rings. The normalized spacial score (nSPS) is 17.4. The Morgan fingerprint density at radius 2 is 2.08 bits per heavy atom. The van der Waals surface area contributed by atoms with Crippen molar-refractivity contribution in [3.05, 3.63) is 59.0 Å². The standard InChI is InChI=1S/C20H22N4O/c1-13-6-7-18-15(9-13)10-17(14(2)22-18)20(25)24-8-4-5-19(24)16-11-21-23(3)12-16/h6-7,9-12,19H,4-5,8H2,1-3H3. The summed E-state index contributed by atoms with van der Waals surface area (Å²) in [6, 6.07) is 8.25. The molecule has 0 spiro atoms. The van der Waals surface area contributed by atoms with Crippen LogP contribution in [0, 0.1) is 13.8 Å². The van der Waals surface area contributed by atoms with E-state index in [1.54, 1.807) is 4.68 Å². The number of carbonyl (C=O) groups is 1. The first kappa shape index (κ1) is 15.8. The van der Waals surface area contributed by atoms with E-state index >= 15 is 0 Å². The Kier molecular flexibility index (Phi) is 3.79. The number of nitrogens with zero attached hydrogens (tertiary/aromatic N) is 4. The molecular formula is C20H22N4O. The maximum Gasteiger partial charge on any atom is 0.256 e. The summed E-state index contributed by atoms with van der Waals surface area (Å²) in [7, 11) is 1.91. The van der Waals surface area contributed by atoms with Gasteiger partial charge in [0.25, 0.3) is 5.91 Å². The van der Waals surface area contributed by atoms with Crippen LogP contribution in [0.1, 0.15) is 46.1 Å². The molecule has 2 aromatic heterocycles. The third-order valence-corrected chi connectivity index (χ3v) is 5.01. The molecule has 1 atom stereocenters. The van der Waals surface area contributed by atoms with Gasteiger partial charge in [-0.15, -0.1) is 0 Å². The van der Waals surface area contributed by atoms with Crippen molar-refractivity contribution in [2.75, 3.05) is 6.54 Å². The monoisotopic (exact) mass is 334 g/mol. The lowest BCUT2D eigenvalue weighted by molar-refractivity contribution is 0.0734. The quantitative estimate of drug-likeness (QED) is 0.720. The van der Waals surface area contributed by atoms with E-state index < -0.39 is 0 Å². The van der Waals surface area contributed by atoms with E-state index in [0.29, 0.717) is 5.56 Å². The Labute approximate surface area is 147 Å². The van der Waals surface area contributed by atoms with Crippen LogP contribution in [0.15, 0.2) is 36.7 Å². The van der Waals surface area contributed by atoms with Crippen LogP contribution in [0.2, 0.25) is 0 Å². The van der Waals surface area contributed by atoms with Crippen molar-refractivity contribution < 1.29 is 4.79 Å². The molecule has 0 saturated carbocycles. The summed E-state index contributed by atoms with van der Waals surface area (Å²) < 4.78 is 1.79. The zero-order chi connectivity index (χ0) is 17.6. The minimum absolute atomic E-state index is 0.0692. The molecule has 0 radical (unpaired) electrons. The van der Waals surface area contributed by atoms with Gasteiger partial charge in [0, 0.05) is 30.7 Å². The third kappa shape index (κ3) is 2.80. The average molecular weight is 334 g/mol.